The minimum Gasteiger partial charge on any atom is -0.438 e. The highest BCUT2D eigenvalue weighted by atomic mass is 32.2. The fourth-order valence-electron chi connectivity index (χ4n) is 3.45. The number of nitrogens with zero attached hydrogens (tertiary/aromatic N) is 4. The molecule has 1 saturated heterocycles. The number of nitrogens with one attached hydrogen (secondary N) is 1. The Morgan fingerprint density at radius 2 is 2.00 bits per heavy atom. The molecule has 1 amide bonds. The van der Waals surface area contributed by atoms with Crippen molar-refractivity contribution in [2.24, 2.45) is 7.05 Å². The lowest BCUT2D eigenvalue weighted by molar-refractivity contribution is -0.385. The van der Waals surface area contributed by atoms with Crippen LogP contribution in [0.3, 0.4) is 0 Å². The molecule has 0 unspecified atom stereocenters. The third-order valence-corrected chi connectivity index (χ3v) is 7.03. The molecule has 0 saturated carbocycles. The number of carbonyl (C=O) groups excluding carboxylic acids is 1. The van der Waals surface area contributed by atoms with Crippen LogP contribution in [0.4, 0.5) is 5.69 Å². The molecule has 2 aromatic rings. The third-order valence-electron chi connectivity index (χ3n) is 5.42. The number of amides is 1. The van der Waals surface area contributed by atoms with E-state index < -0.39 is 14.9 Å². The van der Waals surface area contributed by atoms with E-state index in [1.165, 1.54) is 16.8 Å². The SMILES string of the molecule is CC[C@@H](C)NS(=O)(=O)c1cc([N+](=O)[O-])ccc1Oc1c(C)c(C(=O)N2CCCC2)nn1C. The summed E-state index contributed by atoms with van der Waals surface area (Å²) in [5.41, 5.74) is 0.308. The number of hydrogen-bond donors (Lipinski definition) is 1. The van der Waals surface area contributed by atoms with Crippen molar-refractivity contribution >= 4 is 21.6 Å². The topological polar surface area (TPSA) is 137 Å². The Morgan fingerprint density at radius 1 is 1.34 bits per heavy atom. The van der Waals surface area contributed by atoms with E-state index in [0.717, 1.165) is 18.9 Å². The van der Waals surface area contributed by atoms with Gasteiger partial charge in [0.05, 0.1) is 4.92 Å². The molecule has 1 N–H and O–H groups in total. The number of likely N-dealkylation sites (tertiary alicyclic amines) is 1. The molecule has 0 spiro atoms. The van der Waals surface area contributed by atoms with E-state index in [2.05, 4.69) is 9.82 Å². The lowest BCUT2D eigenvalue weighted by Crippen LogP contribution is -2.32. The number of ether oxygens (including phenoxy) is 1. The molecule has 0 bridgehead atoms. The van der Waals surface area contributed by atoms with Crippen LogP contribution >= 0.6 is 0 Å². The number of aromatic nitrogens is 2. The summed E-state index contributed by atoms with van der Waals surface area (Å²) in [6.45, 7) is 6.50. The van der Waals surface area contributed by atoms with E-state index in [9.17, 15) is 23.3 Å². The summed E-state index contributed by atoms with van der Waals surface area (Å²) < 4.78 is 35.6. The van der Waals surface area contributed by atoms with Gasteiger partial charge in [-0.05, 0) is 39.2 Å². The maximum atomic E-state index is 12.9. The maximum absolute atomic E-state index is 12.9. The molecular weight excluding hydrogens is 438 g/mol. The summed E-state index contributed by atoms with van der Waals surface area (Å²) in [6.07, 6.45) is 2.41. The largest absolute Gasteiger partial charge is 0.438 e. The third kappa shape index (κ3) is 4.75. The molecule has 0 radical (unpaired) electrons. The van der Waals surface area contributed by atoms with Crippen molar-refractivity contribution in [3.63, 3.8) is 0 Å². The lowest BCUT2D eigenvalue weighted by Gasteiger charge is -2.16. The zero-order valence-electron chi connectivity index (χ0n) is 18.5. The van der Waals surface area contributed by atoms with Crippen molar-refractivity contribution in [1.82, 2.24) is 19.4 Å². The number of carbonyl (C=O) groups is 1. The van der Waals surface area contributed by atoms with Gasteiger partial charge in [0.25, 0.3) is 11.6 Å². The molecule has 1 aliphatic heterocycles. The Kier molecular flexibility index (Phi) is 6.84. The number of nitro groups is 1. The molecule has 2 heterocycles. The number of rotatable bonds is 8. The summed E-state index contributed by atoms with van der Waals surface area (Å²) in [5, 5.41) is 15.5. The molecule has 1 fully saturated rings. The van der Waals surface area contributed by atoms with Gasteiger partial charge >= 0.3 is 0 Å². The first-order valence-corrected chi connectivity index (χ1v) is 11.8. The Balaban J connectivity index is 2.02. The first-order chi connectivity index (χ1) is 15.0. The number of non-ortho nitro benzene ring substituents is 1. The molecular formula is C20H27N5O6S. The summed E-state index contributed by atoms with van der Waals surface area (Å²) in [6, 6.07) is 2.98. The van der Waals surface area contributed by atoms with E-state index >= 15 is 0 Å². The smallest absolute Gasteiger partial charge is 0.274 e. The first kappa shape index (κ1) is 23.7. The number of aryl methyl sites for hydroxylation is 1. The van der Waals surface area contributed by atoms with Gasteiger partial charge in [-0.2, -0.15) is 5.10 Å². The highest BCUT2D eigenvalue weighted by Gasteiger charge is 2.29. The molecule has 0 aliphatic carbocycles. The summed E-state index contributed by atoms with van der Waals surface area (Å²) in [7, 11) is -2.53. The molecule has 1 aliphatic rings. The van der Waals surface area contributed by atoms with Crippen LogP contribution in [0, 0.1) is 17.0 Å². The van der Waals surface area contributed by atoms with Crippen LogP contribution in [0.1, 0.15) is 49.2 Å². The van der Waals surface area contributed by atoms with Crippen LogP contribution in [0.5, 0.6) is 11.6 Å². The van der Waals surface area contributed by atoms with Gasteiger partial charge in [0.15, 0.2) is 5.69 Å². The number of benzene rings is 1. The van der Waals surface area contributed by atoms with Gasteiger partial charge in [-0.25, -0.2) is 17.8 Å². The van der Waals surface area contributed by atoms with Gasteiger partial charge in [0.2, 0.25) is 15.9 Å². The Labute approximate surface area is 186 Å². The second kappa shape index (κ2) is 9.25. The summed E-state index contributed by atoms with van der Waals surface area (Å²) in [4.78, 5) is 24.7. The summed E-state index contributed by atoms with van der Waals surface area (Å²) >= 11 is 0. The first-order valence-electron chi connectivity index (χ1n) is 10.4. The fraction of sp³-hybridized carbons (Fsp3) is 0.500. The van der Waals surface area contributed by atoms with Crippen molar-refractivity contribution in [3.05, 3.63) is 39.6 Å². The zero-order chi connectivity index (χ0) is 23.6. The molecule has 1 atom stereocenters. The van der Waals surface area contributed by atoms with Gasteiger partial charge in [-0.15, -0.1) is 0 Å². The van der Waals surface area contributed by atoms with Crippen molar-refractivity contribution in [3.8, 4) is 11.6 Å². The van der Waals surface area contributed by atoms with Crippen LogP contribution in [0.15, 0.2) is 23.1 Å². The Hall–Kier alpha value is -2.99. The van der Waals surface area contributed by atoms with Gasteiger partial charge < -0.3 is 9.64 Å². The fourth-order valence-corrected chi connectivity index (χ4v) is 4.92. The monoisotopic (exact) mass is 465 g/mol. The standard InChI is InChI=1S/C20H27N5O6S/c1-5-13(2)22-32(29,30)17-12-15(25(27)28)8-9-16(17)31-20-14(3)18(21-23(20)4)19(26)24-10-6-7-11-24/h8-9,12-13,22H,5-7,10-11H2,1-4H3/t13-/m1/s1. The van der Waals surface area contributed by atoms with Crippen LogP contribution in [-0.4, -0.2) is 53.1 Å². The quantitative estimate of drug-likeness (QED) is 0.467. The van der Waals surface area contributed by atoms with E-state index in [-0.39, 0.29) is 39.9 Å². The highest BCUT2D eigenvalue weighted by molar-refractivity contribution is 7.89. The number of nitro benzene ring substituents is 1. The molecule has 32 heavy (non-hydrogen) atoms. The maximum Gasteiger partial charge on any atom is 0.274 e. The van der Waals surface area contributed by atoms with Crippen LogP contribution in [0.25, 0.3) is 0 Å². The predicted molar refractivity (Wildman–Crippen MR) is 116 cm³/mol. The van der Waals surface area contributed by atoms with Crippen LogP contribution < -0.4 is 9.46 Å². The Bertz CT molecular complexity index is 1140. The molecule has 174 valence electrons. The van der Waals surface area contributed by atoms with Gasteiger partial charge in [0, 0.05) is 43.9 Å². The van der Waals surface area contributed by atoms with Crippen molar-refractivity contribution in [1.29, 1.82) is 0 Å². The minimum absolute atomic E-state index is 0.0994. The average molecular weight is 466 g/mol. The van der Waals surface area contributed by atoms with Crippen LogP contribution in [-0.2, 0) is 17.1 Å². The van der Waals surface area contributed by atoms with Gasteiger partial charge in [-0.1, -0.05) is 6.92 Å². The van der Waals surface area contributed by atoms with Crippen molar-refractivity contribution in [2.45, 2.75) is 51.0 Å². The molecule has 1 aromatic carbocycles. The van der Waals surface area contributed by atoms with E-state index in [1.807, 2.05) is 6.92 Å². The zero-order valence-corrected chi connectivity index (χ0v) is 19.3. The number of sulfonamides is 1. The summed E-state index contributed by atoms with van der Waals surface area (Å²) in [5.74, 6) is -0.125. The van der Waals surface area contributed by atoms with E-state index in [0.29, 0.717) is 25.1 Å². The minimum atomic E-state index is -4.11. The van der Waals surface area contributed by atoms with E-state index in [4.69, 9.17) is 4.74 Å². The van der Waals surface area contributed by atoms with Crippen LogP contribution in [0.2, 0.25) is 0 Å². The molecule has 1 aromatic heterocycles. The van der Waals surface area contributed by atoms with E-state index in [1.54, 1.807) is 25.8 Å². The Morgan fingerprint density at radius 3 is 2.59 bits per heavy atom. The lowest BCUT2D eigenvalue weighted by atomic mass is 10.2. The normalized spacial score (nSPS) is 15.1. The highest BCUT2D eigenvalue weighted by Crippen LogP contribution is 2.34. The average Bonchev–Trinajstić information content (AvgIpc) is 3.37. The van der Waals surface area contributed by atoms with Gasteiger partial charge in [-0.3, -0.25) is 14.9 Å². The molecule has 3 rings (SSSR count). The second-order valence-electron chi connectivity index (χ2n) is 7.82. The second-order valence-corrected chi connectivity index (χ2v) is 9.50. The van der Waals surface area contributed by atoms with Crippen molar-refractivity contribution < 1.29 is 22.9 Å². The molecule has 11 nitrogen and oxygen atoms in total. The predicted octanol–water partition coefficient (Wildman–Crippen LogP) is 2.74. The molecule has 12 heteroatoms. The van der Waals surface area contributed by atoms with Crippen molar-refractivity contribution in [2.75, 3.05) is 13.1 Å². The van der Waals surface area contributed by atoms with Gasteiger partial charge in [0.1, 0.15) is 10.6 Å². The number of hydrogen-bond acceptors (Lipinski definition) is 7.